The van der Waals surface area contributed by atoms with E-state index in [-0.39, 0.29) is 5.82 Å². The molecule has 0 saturated heterocycles. The van der Waals surface area contributed by atoms with Gasteiger partial charge >= 0.3 is 0 Å². The van der Waals surface area contributed by atoms with E-state index in [0.717, 1.165) is 21.6 Å². The Kier molecular flexibility index (Phi) is 6.17. The number of rotatable bonds is 5. The van der Waals surface area contributed by atoms with Crippen molar-refractivity contribution in [1.82, 2.24) is 9.55 Å². The molecule has 4 aromatic rings. The zero-order chi connectivity index (χ0) is 23.0. The molecule has 3 nitrogen and oxygen atoms in total. The summed E-state index contributed by atoms with van der Waals surface area (Å²) in [7, 11) is 0. The highest BCUT2D eigenvalue weighted by Gasteiger charge is 2.25. The zero-order valence-corrected chi connectivity index (χ0v) is 19.9. The van der Waals surface area contributed by atoms with Crippen molar-refractivity contribution >= 4 is 23.4 Å². The zero-order valence-electron chi connectivity index (χ0n) is 18.4. The smallest absolute Gasteiger partial charge is 0.147 e. The summed E-state index contributed by atoms with van der Waals surface area (Å²) in [6, 6.07) is 18.8. The normalized spacial score (nSPS) is 11.7. The fourth-order valence-corrected chi connectivity index (χ4v) is 4.40. The fourth-order valence-electron chi connectivity index (χ4n) is 3.63. The quantitative estimate of drug-likeness (QED) is 0.314. The Hall–Kier alpha value is -2.60. The summed E-state index contributed by atoms with van der Waals surface area (Å²) in [5, 5.41) is 11.1. The van der Waals surface area contributed by atoms with Crippen LogP contribution in [-0.4, -0.2) is 20.9 Å². The monoisotopic (exact) mass is 466 g/mol. The Balaban J connectivity index is 1.89. The van der Waals surface area contributed by atoms with Gasteiger partial charge in [0.05, 0.1) is 16.4 Å². The summed E-state index contributed by atoms with van der Waals surface area (Å²) < 4.78 is 17.1. The van der Waals surface area contributed by atoms with Gasteiger partial charge in [0.25, 0.3) is 0 Å². The first-order valence-electron chi connectivity index (χ1n) is 10.2. The summed E-state index contributed by atoms with van der Waals surface area (Å²) in [6.45, 7) is 5.24. The Morgan fingerprint density at radius 1 is 1.03 bits per heavy atom. The fraction of sp³-hybridized carbons (Fsp3) is 0.192. The van der Waals surface area contributed by atoms with Crippen LogP contribution in [0.4, 0.5) is 4.39 Å². The van der Waals surface area contributed by atoms with Gasteiger partial charge < -0.3 is 5.11 Å². The van der Waals surface area contributed by atoms with E-state index >= 15 is 4.39 Å². The number of aromatic nitrogens is 2. The summed E-state index contributed by atoms with van der Waals surface area (Å²) in [6.07, 6.45) is 3.69. The third-order valence-corrected chi connectivity index (χ3v) is 6.43. The molecule has 0 saturated carbocycles. The van der Waals surface area contributed by atoms with Gasteiger partial charge in [0.2, 0.25) is 0 Å². The standard InChI is InChI=1S/C26H24ClFN2OS/c1-16-7-5-10-20(27)24(16)25-29-23(26(2,3)31)15-30(25)22-12-11-18(14-21(22)28)17-8-6-9-19(13-17)32-4/h5-15,31H,1-4H3. The minimum absolute atomic E-state index is 0.340. The molecule has 164 valence electrons. The first kappa shape index (κ1) is 22.6. The lowest BCUT2D eigenvalue weighted by atomic mass is 10.0. The number of nitrogens with zero attached hydrogens (tertiary/aromatic N) is 2. The number of halogens is 2. The van der Waals surface area contributed by atoms with Crippen molar-refractivity contribution < 1.29 is 9.50 Å². The number of imidazole rings is 1. The molecule has 3 aromatic carbocycles. The molecular weight excluding hydrogens is 443 g/mol. The topological polar surface area (TPSA) is 38.0 Å². The number of aliphatic hydroxyl groups is 1. The minimum Gasteiger partial charge on any atom is -0.384 e. The molecule has 4 rings (SSSR count). The molecule has 6 heteroatoms. The first-order valence-corrected chi connectivity index (χ1v) is 11.8. The highest BCUT2D eigenvalue weighted by molar-refractivity contribution is 7.98. The number of hydrogen-bond donors (Lipinski definition) is 1. The molecule has 1 aromatic heterocycles. The van der Waals surface area contributed by atoms with Gasteiger partial charge in [0.1, 0.15) is 17.2 Å². The predicted molar refractivity (Wildman–Crippen MR) is 131 cm³/mol. The van der Waals surface area contributed by atoms with Gasteiger partial charge in [0.15, 0.2) is 0 Å². The molecule has 0 aliphatic heterocycles. The predicted octanol–water partition coefficient (Wildman–Crippen LogP) is 7.26. The molecule has 0 amide bonds. The maximum absolute atomic E-state index is 15.5. The average Bonchev–Trinajstić information content (AvgIpc) is 3.19. The van der Waals surface area contributed by atoms with E-state index < -0.39 is 5.60 Å². The number of hydrogen-bond acceptors (Lipinski definition) is 3. The van der Waals surface area contributed by atoms with Crippen molar-refractivity contribution in [3.05, 3.63) is 89.0 Å². The molecule has 0 aliphatic carbocycles. The summed E-state index contributed by atoms with van der Waals surface area (Å²) in [5.41, 5.74) is 2.95. The third kappa shape index (κ3) is 4.33. The van der Waals surface area contributed by atoms with Crippen LogP contribution in [0.15, 0.2) is 71.8 Å². The van der Waals surface area contributed by atoms with Crippen molar-refractivity contribution in [2.24, 2.45) is 0 Å². The second-order valence-corrected chi connectivity index (χ2v) is 9.50. The lowest BCUT2D eigenvalue weighted by Crippen LogP contribution is -2.15. The van der Waals surface area contributed by atoms with Crippen LogP contribution in [0.1, 0.15) is 25.1 Å². The van der Waals surface area contributed by atoms with Crippen LogP contribution in [0.3, 0.4) is 0 Å². The molecule has 1 N–H and O–H groups in total. The van der Waals surface area contributed by atoms with Crippen molar-refractivity contribution in [1.29, 1.82) is 0 Å². The Labute approximate surface area is 196 Å². The van der Waals surface area contributed by atoms with Crippen molar-refractivity contribution in [2.45, 2.75) is 31.3 Å². The van der Waals surface area contributed by atoms with E-state index in [1.165, 1.54) is 6.07 Å². The largest absolute Gasteiger partial charge is 0.384 e. The second kappa shape index (κ2) is 8.74. The SMILES string of the molecule is CSc1cccc(-c2ccc(-n3cc(C(C)(C)O)nc3-c3c(C)cccc3Cl)c(F)c2)c1. The van der Waals surface area contributed by atoms with E-state index in [0.29, 0.717) is 27.8 Å². The van der Waals surface area contributed by atoms with E-state index in [1.807, 2.05) is 55.6 Å². The van der Waals surface area contributed by atoms with Crippen LogP contribution in [0.5, 0.6) is 0 Å². The van der Waals surface area contributed by atoms with Gasteiger partial charge in [-0.05, 0) is 74.0 Å². The third-order valence-electron chi connectivity index (χ3n) is 5.39. The molecule has 0 radical (unpaired) electrons. The maximum Gasteiger partial charge on any atom is 0.147 e. The van der Waals surface area contributed by atoms with Crippen molar-refractivity contribution in [2.75, 3.05) is 6.26 Å². The van der Waals surface area contributed by atoms with Gasteiger partial charge in [0, 0.05) is 16.7 Å². The molecule has 0 unspecified atom stereocenters. The van der Waals surface area contributed by atoms with E-state index in [4.69, 9.17) is 11.6 Å². The number of aryl methyl sites for hydroxylation is 1. The summed E-state index contributed by atoms with van der Waals surface area (Å²) in [4.78, 5) is 5.77. The summed E-state index contributed by atoms with van der Waals surface area (Å²) >= 11 is 8.16. The van der Waals surface area contributed by atoms with Crippen molar-refractivity contribution in [3.8, 4) is 28.2 Å². The van der Waals surface area contributed by atoms with E-state index in [9.17, 15) is 5.11 Å². The van der Waals surface area contributed by atoms with Gasteiger partial charge in [-0.3, -0.25) is 4.57 Å². The van der Waals surface area contributed by atoms with Crippen LogP contribution in [-0.2, 0) is 5.60 Å². The number of thioether (sulfide) groups is 1. The van der Waals surface area contributed by atoms with Gasteiger partial charge in [-0.15, -0.1) is 11.8 Å². The lowest BCUT2D eigenvalue weighted by molar-refractivity contribution is 0.0743. The molecular formula is C26H24ClFN2OS. The Morgan fingerprint density at radius 3 is 2.41 bits per heavy atom. The van der Waals surface area contributed by atoms with Crippen LogP contribution in [0.2, 0.25) is 5.02 Å². The second-order valence-electron chi connectivity index (χ2n) is 8.21. The first-order chi connectivity index (χ1) is 15.2. The van der Waals surface area contributed by atoms with Crippen molar-refractivity contribution in [3.63, 3.8) is 0 Å². The van der Waals surface area contributed by atoms with E-state index in [1.54, 1.807) is 48.5 Å². The van der Waals surface area contributed by atoms with Gasteiger partial charge in [-0.2, -0.15) is 0 Å². The molecule has 0 fully saturated rings. The van der Waals surface area contributed by atoms with Crippen LogP contribution < -0.4 is 0 Å². The lowest BCUT2D eigenvalue weighted by Gasteiger charge is -2.13. The minimum atomic E-state index is -1.19. The average molecular weight is 467 g/mol. The van der Waals surface area contributed by atoms with Crippen LogP contribution in [0.25, 0.3) is 28.2 Å². The molecule has 0 aliphatic rings. The van der Waals surface area contributed by atoms with Gasteiger partial charge in [-0.25, -0.2) is 9.37 Å². The highest BCUT2D eigenvalue weighted by atomic mass is 35.5. The molecule has 0 bridgehead atoms. The molecule has 0 spiro atoms. The Morgan fingerprint density at radius 2 is 1.75 bits per heavy atom. The molecule has 32 heavy (non-hydrogen) atoms. The van der Waals surface area contributed by atoms with E-state index in [2.05, 4.69) is 4.98 Å². The number of benzene rings is 3. The molecule has 0 atom stereocenters. The van der Waals surface area contributed by atoms with Crippen LogP contribution >= 0.6 is 23.4 Å². The maximum atomic E-state index is 15.5. The summed E-state index contributed by atoms with van der Waals surface area (Å²) in [5.74, 6) is 0.101. The highest BCUT2D eigenvalue weighted by Crippen LogP contribution is 2.35. The van der Waals surface area contributed by atoms with Crippen LogP contribution in [0, 0.1) is 12.7 Å². The van der Waals surface area contributed by atoms with Gasteiger partial charge in [-0.1, -0.05) is 41.9 Å². The molecule has 1 heterocycles. The Bertz CT molecular complexity index is 1270.